The molecule has 0 aromatic heterocycles. The molecule has 1 aliphatic carbocycles. The average molecular weight is 314 g/mol. The Hall–Kier alpha value is -1.71. The van der Waals surface area contributed by atoms with Crippen molar-refractivity contribution in [1.29, 1.82) is 0 Å². The van der Waals surface area contributed by atoms with Gasteiger partial charge in [0, 0.05) is 37.3 Å². The van der Waals surface area contributed by atoms with Crippen LogP contribution >= 0.6 is 0 Å². The molecule has 2 aliphatic heterocycles. The molecule has 2 saturated heterocycles. The molecule has 0 N–H and O–H groups in total. The van der Waals surface area contributed by atoms with Crippen LogP contribution < -0.4 is 4.90 Å². The Morgan fingerprint density at radius 1 is 1.22 bits per heavy atom. The summed E-state index contributed by atoms with van der Waals surface area (Å²) in [5.41, 5.74) is 2.95. The first-order valence-electron chi connectivity index (χ1n) is 9.00. The van der Waals surface area contributed by atoms with Gasteiger partial charge in [0.25, 0.3) is 0 Å². The van der Waals surface area contributed by atoms with Crippen molar-refractivity contribution >= 4 is 11.8 Å². The zero-order valence-electron chi connectivity index (χ0n) is 14.0. The highest BCUT2D eigenvalue weighted by atomic mass is 16.6. The third-order valence-corrected chi connectivity index (χ3v) is 5.84. The van der Waals surface area contributed by atoms with Crippen molar-refractivity contribution in [3.05, 3.63) is 29.8 Å². The smallest absolute Gasteiger partial charge is 0.409 e. The van der Waals surface area contributed by atoms with Crippen LogP contribution in [0.5, 0.6) is 0 Å². The molecule has 2 atom stereocenters. The van der Waals surface area contributed by atoms with Crippen molar-refractivity contribution in [3.8, 4) is 0 Å². The van der Waals surface area contributed by atoms with Crippen LogP contribution in [0.3, 0.4) is 0 Å². The number of ether oxygens (including phenoxy) is 1. The second-order valence-corrected chi connectivity index (χ2v) is 7.23. The van der Waals surface area contributed by atoms with Gasteiger partial charge in [-0.2, -0.15) is 0 Å². The van der Waals surface area contributed by atoms with E-state index in [1.54, 1.807) is 0 Å². The largest absolute Gasteiger partial charge is 0.450 e. The third-order valence-electron chi connectivity index (χ3n) is 5.84. The monoisotopic (exact) mass is 314 g/mol. The van der Waals surface area contributed by atoms with Crippen molar-refractivity contribution in [1.82, 2.24) is 4.90 Å². The van der Waals surface area contributed by atoms with E-state index in [-0.39, 0.29) is 11.5 Å². The summed E-state index contributed by atoms with van der Waals surface area (Å²) >= 11 is 0. The van der Waals surface area contributed by atoms with Gasteiger partial charge < -0.3 is 14.5 Å². The van der Waals surface area contributed by atoms with Crippen LogP contribution in [0.25, 0.3) is 0 Å². The maximum Gasteiger partial charge on any atom is 0.409 e. The van der Waals surface area contributed by atoms with Crippen LogP contribution in [-0.4, -0.2) is 43.8 Å². The Labute approximate surface area is 138 Å². The lowest BCUT2D eigenvalue weighted by Crippen LogP contribution is -2.33. The number of nitrogens with zero attached hydrogens (tertiary/aromatic N) is 2. The summed E-state index contributed by atoms with van der Waals surface area (Å²) in [4.78, 5) is 16.3. The van der Waals surface area contributed by atoms with Crippen LogP contribution in [0.2, 0.25) is 0 Å². The van der Waals surface area contributed by atoms with Crippen molar-refractivity contribution in [2.45, 2.75) is 38.0 Å². The van der Waals surface area contributed by atoms with Gasteiger partial charge in [-0.3, -0.25) is 0 Å². The van der Waals surface area contributed by atoms with E-state index in [9.17, 15) is 4.79 Å². The van der Waals surface area contributed by atoms with E-state index in [1.165, 1.54) is 50.0 Å². The predicted molar refractivity (Wildman–Crippen MR) is 90.9 cm³/mol. The molecule has 1 aromatic carbocycles. The van der Waals surface area contributed by atoms with E-state index >= 15 is 0 Å². The molecular weight excluding hydrogens is 288 g/mol. The molecule has 3 aliphatic rings. The fourth-order valence-corrected chi connectivity index (χ4v) is 4.44. The topological polar surface area (TPSA) is 32.8 Å². The van der Waals surface area contributed by atoms with Gasteiger partial charge in [-0.05, 0) is 56.2 Å². The van der Waals surface area contributed by atoms with Gasteiger partial charge in [-0.15, -0.1) is 0 Å². The van der Waals surface area contributed by atoms with E-state index in [1.807, 2.05) is 11.8 Å². The molecule has 3 fully saturated rings. The number of likely N-dealkylation sites (tertiary alicyclic amines) is 1. The van der Waals surface area contributed by atoms with Crippen molar-refractivity contribution in [2.75, 3.05) is 37.7 Å². The van der Waals surface area contributed by atoms with Crippen LogP contribution in [0.1, 0.15) is 38.2 Å². The number of fused-ring (bicyclic) bond motifs is 1. The summed E-state index contributed by atoms with van der Waals surface area (Å²) in [6, 6.07) is 9.13. The number of hydrogen-bond acceptors (Lipinski definition) is 3. The molecule has 2 heterocycles. The van der Waals surface area contributed by atoms with E-state index in [4.69, 9.17) is 4.74 Å². The third kappa shape index (κ3) is 2.58. The second kappa shape index (κ2) is 5.73. The minimum Gasteiger partial charge on any atom is -0.450 e. The molecule has 124 valence electrons. The molecule has 2 unspecified atom stereocenters. The lowest BCUT2D eigenvalue weighted by Gasteiger charge is -2.29. The molecule has 4 heteroatoms. The maximum absolute atomic E-state index is 11.9. The van der Waals surface area contributed by atoms with Gasteiger partial charge in [0.05, 0.1) is 6.61 Å². The standard InChI is InChI=1S/C19H26N2O2/c1-2-23-18(22)21-13-16-12-19(16,14-21)15-6-8-17(9-7-15)20-10-4-3-5-11-20/h6-9,16H,2-5,10-14H2,1H3. The molecule has 4 nitrogen and oxygen atoms in total. The van der Waals surface area contributed by atoms with Crippen LogP contribution in [-0.2, 0) is 10.2 Å². The normalized spacial score (nSPS) is 29.3. The minimum atomic E-state index is -0.149. The highest BCUT2D eigenvalue weighted by molar-refractivity contribution is 5.69. The molecule has 0 spiro atoms. The lowest BCUT2D eigenvalue weighted by atomic mass is 9.94. The highest BCUT2D eigenvalue weighted by Crippen LogP contribution is 2.59. The Bertz CT molecular complexity index is 580. The molecule has 4 rings (SSSR count). The fourth-order valence-electron chi connectivity index (χ4n) is 4.44. The number of hydrogen-bond donors (Lipinski definition) is 0. The van der Waals surface area contributed by atoms with Gasteiger partial charge in [-0.25, -0.2) is 4.79 Å². The number of benzene rings is 1. The Kier molecular flexibility index (Phi) is 3.70. The van der Waals surface area contributed by atoms with Crippen LogP contribution in [0, 0.1) is 5.92 Å². The molecule has 1 aromatic rings. The number of rotatable bonds is 3. The SMILES string of the molecule is CCOC(=O)N1CC2CC2(c2ccc(N3CCCCC3)cc2)C1. The summed E-state index contributed by atoms with van der Waals surface area (Å²) < 4.78 is 5.15. The van der Waals surface area contributed by atoms with Crippen molar-refractivity contribution < 1.29 is 9.53 Å². The van der Waals surface area contributed by atoms with Crippen LogP contribution in [0.4, 0.5) is 10.5 Å². The molecule has 0 radical (unpaired) electrons. The van der Waals surface area contributed by atoms with E-state index in [2.05, 4.69) is 29.2 Å². The number of carbonyl (C=O) groups is 1. The summed E-state index contributed by atoms with van der Waals surface area (Å²) in [7, 11) is 0. The van der Waals surface area contributed by atoms with Crippen molar-refractivity contribution in [3.63, 3.8) is 0 Å². The van der Waals surface area contributed by atoms with Gasteiger partial charge in [0.2, 0.25) is 0 Å². The van der Waals surface area contributed by atoms with Crippen LogP contribution in [0.15, 0.2) is 24.3 Å². The number of piperidine rings is 2. The Morgan fingerprint density at radius 3 is 2.65 bits per heavy atom. The number of anilines is 1. The van der Waals surface area contributed by atoms with E-state index in [0.717, 1.165) is 13.1 Å². The molecule has 1 saturated carbocycles. The minimum absolute atomic E-state index is 0.149. The first-order valence-corrected chi connectivity index (χ1v) is 9.00. The second-order valence-electron chi connectivity index (χ2n) is 7.23. The number of carbonyl (C=O) groups excluding carboxylic acids is 1. The molecule has 23 heavy (non-hydrogen) atoms. The summed E-state index contributed by atoms with van der Waals surface area (Å²) in [6.07, 6.45) is 5.04. The van der Waals surface area contributed by atoms with Gasteiger partial charge >= 0.3 is 6.09 Å². The maximum atomic E-state index is 11.9. The molecular formula is C19H26N2O2. The fraction of sp³-hybridized carbons (Fsp3) is 0.632. The summed E-state index contributed by atoms with van der Waals surface area (Å²) in [5, 5.41) is 0. The summed E-state index contributed by atoms with van der Waals surface area (Å²) in [5.74, 6) is 0.618. The lowest BCUT2D eigenvalue weighted by molar-refractivity contribution is 0.111. The molecule has 0 bridgehead atoms. The first-order chi connectivity index (χ1) is 11.2. The first kappa shape index (κ1) is 14.9. The van der Waals surface area contributed by atoms with Gasteiger partial charge in [0.1, 0.15) is 0 Å². The van der Waals surface area contributed by atoms with Gasteiger partial charge in [0.15, 0.2) is 0 Å². The zero-order valence-corrected chi connectivity index (χ0v) is 14.0. The predicted octanol–water partition coefficient (Wildman–Crippen LogP) is 3.41. The van der Waals surface area contributed by atoms with Gasteiger partial charge in [-0.1, -0.05) is 12.1 Å². The number of amides is 1. The highest BCUT2D eigenvalue weighted by Gasteiger charge is 2.61. The quantitative estimate of drug-likeness (QED) is 0.857. The summed E-state index contributed by atoms with van der Waals surface area (Å²) in [6.45, 7) is 6.36. The zero-order chi connectivity index (χ0) is 15.9. The average Bonchev–Trinajstić information content (AvgIpc) is 3.17. The van der Waals surface area contributed by atoms with E-state index < -0.39 is 0 Å². The molecule has 1 amide bonds. The van der Waals surface area contributed by atoms with E-state index in [0.29, 0.717) is 12.5 Å². The Morgan fingerprint density at radius 2 is 1.96 bits per heavy atom. The van der Waals surface area contributed by atoms with Crippen molar-refractivity contribution in [2.24, 2.45) is 5.92 Å². The Balaban J connectivity index is 1.46.